The summed E-state index contributed by atoms with van der Waals surface area (Å²) >= 11 is 0. The number of aromatic nitrogens is 1. The highest BCUT2D eigenvalue weighted by Gasteiger charge is 2.41. The number of ether oxygens (including phenoxy) is 1. The first-order valence-corrected chi connectivity index (χ1v) is 15.9. The third-order valence-corrected chi connectivity index (χ3v) is 8.44. The zero-order valence-corrected chi connectivity index (χ0v) is 27.5. The van der Waals surface area contributed by atoms with Crippen molar-refractivity contribution in [1.29, 1.82) is 0 Å². The summed E-state index contributed by atoms with van der Waals surface area (Å²) in [6.45, 7) is 9.49. The summed E-state index contributed by atoms with van der Waals surface area (Å²) in [7, 11) is 1.58. The Hall–Kier alpha value is -4.17. The molecule has 4 rings (SSSR count). The molecule has 0 bridgehead atoms. The van der Waals surface area contributed by atoms with E-state index in [1.54, 1.807) is 19.3 Å². The van der Waals surface area contributed by atoms with E-state index in [-0.39, 0.29) is 30.5 Å². The SMILES string of the molecule is CNC(=O)c1ccc(N2CCN(CCOCC(=O)N[C@H](C(=O)N3CCC[C@H]3C(=O)NCc3cc(F)ccc3F)C(C)(C)C)CC2)nc1. The molecule has 1 aromatic heterocycles. The number of halogens is 2. The molecule has 14 heteroatoms. The van der Waals surface area contributed by atoms with Crippen LogP contribution in [0.15, 0.2) is 36.5 Å². The van der Waals surface area contributed by atoms with Crippen molar-refractivity contribution in [3.05, 3.63) is 59.3 Å². The van der Waals surface area contributed by atoms with Gasteiger partial charge in [-0.3, -0.25) is 24.1 Å². The fourth-order valence-electron chi connectivity index (χ4n) is 5.71. The molecule has 3 heterocycles. The van der Waals surface area contributed by atoms with Gasteiger partial charge in [-0.2, -0.15) is 0 Å². The quantitative estimate of drug-likeness (QED) is 0.294. The Kier molecular flexibility index (Phi) is 12.2. The molecule has 0 aliphatic carbocycles. The zero-order valence-electron chi connectivity index (χ0n) is 27.5. The number of nitrogens with one attached hydrogen (secondary N) is 3. The van der Waals surface area contributed by atoms with Crippen LogP contribution in [0.25, 0.3) is 0 Å². The van der Waals surface area contributed by atoms with Crippen LogP contribution in [0.4, 0.5) is 14.6 Å². The van der Waals surface area contributed by atoms with Crippen molar-refractivity contribution >= 4 is 29.4 Å². The molecule has 2 aliphatic rings. The average molecular weight is 658 g/mol. The third kappa shape index (κ3) is 9.67. The number of amides is 4. The largest absolute Gasteiger partial charge is 0.370 e. The third-order valence-electron chi connectivity index (χ3n) is 8.44. The number of pyridine rings is 1. The molecule has 0 spiro atoms. The molecule has 47 heavy (non-hydrogen) atoms. The summed E-state index contributed by atoms with van der Waals surface area (Å²) < 4.78 is 33.2. The van der Waals surface area contributed by atoms with Crippen LogP contribution < -0.4 is 20.9 Å². The summed E-state index contributed by atoms with van der Waals surface area (Å²) in [5, 5.41) is 8.02. The fourth-order valence-corrected chi connectivity index (χ4v) is 5.71. The average Bonchev–Trinajstić information content (AvgIpc) is 3.55. The number of nitrogens with zero attached hydrogens (tertiary/aromatic N) is 4. The second-order valence-corrected chi connectivity index (χ2v) is 12.9. The lowest BCUT2D eigenvalue weighted by molar-refractivity contribution is -0.144. The van der Waals surface area contributed by atoms with E-state index in [9.17, 15) is 28.0 Å². The maximum absolute atomic E-state index is 14.0. The Bertz CT molecular complexity index is 1410. The Morgan fingerprint density at radius 2 is 1.79 bits per heavy atom. The molecule has 0 radical (unpaired) electrons. The van der Waals surface area contributed by atoms with Gasteiger partial charge in [0.2, 0.25) is 17.7 Å². The predicted octanol–water partition coefficient (Wildman–Crippen LogP) is 1.70. The highest BCUT2D eigenvalue weighted by atomic mass is 19.1. The van der Waals surface area contributed by atoms with Crippen LogP contribution in [0.1, 0.15) is 49.5 Å². The van der Waals surface area contributed by atoms with Gasteiger partial charge in [-0.25, -0.2) is 13.8 Å². The molecule has 0 saturated carbocycles. The van der Waals surface area contributed by atoms with Crippen LogP contribution in [-0.2, 0) is 25.7 Å². The molecule has 2 saturated heterocycles. The number of benzene rings is 1. The fraction of sp³-hybridized carbons (Fsp3) is 0.545. The molecule has 3 N–H and O–H groups in total. The number of carbonyl (C=O) groups is 4. The second kappa shape index (κ2) is 16.1. The standard InChI is InChI=1S/C33H45F2N7O5/c1-33(2,3)29(32(46)42-11-5-6-26(42)31(45)38-20-23-18-24(34)8-9-25(23)35)39-28(43)21-47-17-16-40-12-14-41(15-13-40)27-10-7-22(19-37-27)30(44)36-4/h7-10,18-19,26,29H,5-6,11-17,20-21H2,1-4H3,(H,36,44)(H,38,45)(H,39,43)/t26-,29+/m0/s1. The molecule has 2 fully saturated rings. The van der Waals surface area contributed by atoms with Gasteiger partial charge >= 0.3 is 0 Å². The Morgan fingerprint density at radius 3 is 2.45 bits per heavy atom. The van der Waals surface area contributed by atoms with Crippen molar-refractivity contribution in [3.8, 4) is 0 Å². The molecule has 2 atom stereocenters. The van der Waals surface area contributed by atoms with E-state index < -0.39 is 40.9 Å². The van der Waals surface area contributed by atoms with Gasteiger partial charge in [0.25, 0.3) is 5.91 Å². The number of hydrogen-bond donors (Lipinski definition) is 3. The first-order valence-electron chi connectivity index (χ1n) is 15.9. The van der Waals surface area contributed by atoms with Crippen molar-refractivity contribution in [2.75, 3.05) is 64.4 Å². The first kappa shape index (κ1) is 35.7. The highest BCUT2D eigenvalue weighted by molar-refractivity contribution is 5.94. The van der Waals surface area contributed by atoms with Crippen LogP contribution >= 0.6 is 0 Å². The van der Waals surface area contributed by atoms with Crippen LogP contribution in [0.2, 0.25) is 0 Å². The second-order valence-electron chi connectivity index (χ2n) is 12.9. The Morgan fingerprint density at radius 1 is 1.04 bits per heavy atom. The van der Waals surface area contributed by atoms with E-state index in [1.807, 2.05) is 26.8 Å². The molecule has 12 nitrogen and oxygen atoms in total. The minimum atomic E-state index is -0.903. The van der Waals surface area contributed by atoms with E-state index in [0.717, 1.165) is 50.2 Å². The monoisotopic (exact) mass is 657 g/mol. The van der Waals surface area contributed by atoms with Crippen LogP contribution in [0.5, 0.6) is 0 Å². The van der Waals surface area contributed by atoms with E-state index in [2.05, 4.69) is 30.7 Å². The van der Waals surface area contributed by atoms with Gasteiger partial charge in [0.15, 0.2) is 0 Å². The highest BCUT2D eigenvalue weighted by Crippen LogP contribution is 2.26. The maximum Gasteiger partial charge on any atom is 0.252 e. The number of piperazine rings is 1. The molecule has 1 aromatic carbocycles. The summed E-state index contributed by atoms with van der Waals surface area (Å²) in [6, 6.07) is 4.94. The van der Waals surface area contributed by atoms with Crippen LogP contribution in [-0.4, -0.2) is 110 Å². The summed E-state index contributed by atoms with van der Waals surface area (Å²) in [5.74, 6) is -1.88. The van der Waals surface area contributed by atoms with E-state index >= 15 is 0 Å². The predicted molar refractivity (Wildman–Crippen MR) is 171 cm³/mol. The number of anilines is 1. The molecular weight excluding hydrogens is 612 g/mol. The minimum absolute atomic E-state index is 0.0133. The number of rotatable bonds is 12. The minimum Gasteiger partial charge on any atom is -0.370 e. The summed E-state index contributed by atoms with van der Waals surface area (Å²) in [5.41, 5.74) is -0.132. The Labute approximate surface area is 274 Å². The maximum atomic E-state index is 14.0. The van der Waals surface area contributed by atoms with Gasteiger partial charge in [0, 0.05) is 64.6 Å². The topological polar surface area (TPSA) is 136 Å². The number of carbonyl (C=O) groups excluding carboxylic acids is 4. The smallest absolute Gasteiger partial charge is 0.252 e. The molecule has 4 amide bonds. The van der Waals surface area contributed by atoms with Gasteiger partial charge in [-0.15, -0.1) is 0 Å². The van der Waals surface area contributed by atoms with Gasteiger partial charge in [0.05, 0.1) is 12.2 Å². The lowest BCUT2D eigenvalue weighted by Gasteiger charge is -2.35. The van der Waals surface area contributed by atoms with Gasteiger partial charge in [-0.1, -0.05) is 20.8 Å². The lowest BCUT2D eigenvalue weighted by Crippen LogP contribution is -2.58. The molecule has 2 aromatic rings. The van der Waals surface area contributed by atoms with Gasteiger partial charge in [0.1, 0.15) is 36.1 Å². The molecule has 256 valence electrons. The Balaban J connectivity index is 1.21. The molecule has 2 aliphatic heterocycles. The lowest BCUT2D eigenvalue weighted by atomic mass is 9.85. The molecular formula is C33H45F2N7O5. The van der Waals surface area contributed by atoms with E-state index in [4.69, 9.17) is 4.74 Å². The van der Waals surface area contributed by atoms with Crippen molar-refractivity contribution in [2.24, 2.45) is 5.41 Å². The van der Waals surface area contributed by atoms with Gasteiger partial charge in [-0.05, 0) is 48.6 Å². The van der Waals surface area contributed by atoms with Crippen molar-refractivity contribution in [1.82, 2.24) is 30.7 Å². The zero-order chi connectivity index (χ0) is 34.1. The van der Waals surface area contributed by atoms with E-state index in [1.165, 1.54) is 4.90 Å². The molecule has 0 unspecified atom stereocenters. The summed E-state index contributed by atoms with van der Waals surface area (Å²) in [6.07, 6.45) is 2.59. The van der Waals surface area contributed by atoms with Crippen molar-refractivity contribution < 1.29 is 32.7 Å². The summed E-state index contributed by atoms with van der Waals surface area (Å²) in [4.78, 5) is 61.6. The van der Waals surface area contributed by atoms with Crippen molar-refractivity contribution in [3.63, 3.8) is 0 Å². The van der Waals surface area contributed by atoms with Gasteiger partial charge < -0.3 is 30.5 Å². The van der Waals surface area contributed by atoms with Crippen molar-refractivity contribution in [2.45, 2.75) is 52.2 Å². The first-order chi connectivity index (χ1) is 22.4. The number of hydrogen-bond acceptors (Lipinski definition) is 8. The van der Waals surface area contributed by atoms with E-state index in [0.29, 0.717) is 38.1 Å². The number of likely N-dealkylation sites (tertiary alicyclic amines) is 1. The van der Waals surface area contributed by atoms with Crippen LogP contribution in [0, 0.1) is 17.0 Å². The van der Waals surface area contributed by atoms with Crippen LogP contribution in [0.3, 0.4) is 0 Å². The normalized spacial score (nSPS) is 17.7.